The Morgan fingerprint density at radius 2 is 1.62 bits per heavy atom. The van der Waals surface area contributed by atoms with Crippen molar-refractivity contribution in [3.8, 4) is 5.75 Å². The maximum Gasteiger partial charge on any atom is 0.264 e. The van der Waals surface area contributed by atoms with Gasteiger partial charge in [0.05, 0.1) is 17.7 Å². The van der Waals surface area contributed by atoms with Crippen LogP contribution in [0.3, 0.4) is 0 Å². The Morgan fingerprint density at radius 3 is 2.18 bits per heavy atom. The standard InChI is InChI=1S/C28H31ClFN3O5S/c1-4-17-31-28(35)20(2)32(18-21-5-9-23(30)10-6-21)27(34)19-33(24-11-7-22(29)8-12-24)39(36,37)26-15-13-25(38-3)14-16-26/h5-16,20H,4,17-19H2,1-3H3,(H,31,35)/t20-/m0/s1. The van der Waals surface area contributed by atoms with Gasteiger partial charge in [0, 0.05) is 18.1 Å². The lowest BCUT2D eigenvalue weighted by molar-refractivity contribution is -0.139. The van der Waals surface area contributed by atoms with Crippen LogP contribution < -0.4 is 14.4 Å². The van der Waals surface area contributed by atoms with Crippen molar-refractivity contribution < 1.29 is 27.1 Å². The molecule has 0 saturated carbocycles. The molecule has 0 aromatic heterocycles. The van der Waals surface area contributed by atoms with Crippen LogP contribution in [0.1, 0.15) is 25.8 Å². The highest BCUT2D eigenvalue weighted by atomic mass is 35.5. The molecule has 0 heterocycles. The predicted molar refractivity (Wildman–Crippen MR) is 149 cm³/mol. The Hall–Kier alpha value is -3.63. The fraction of sp³-hybridized carbons (Fsp3) is 0.286. The van der Waals surface area contributed by atoms with E-state index >= 15 is 0 Å². The normalized spacial score (nSPS) is 11.9. The molecule has 0 fully saturated rings. The van der Waals surface area contributed by atoms with E-state index in [9.17, 15) is 22.4 Å². The third-order valence-corrected chi connectivity index (χ3v) is 8.06. The first-order chi connectivity index (χ1) is 18.6. The number of anilines is 1. The van der Waals surface area contributed by atoms with Crippen LogP contribution in [0.5, 0.6) is 5.75 Å². The summed E-state index contributed by atoms with van der Waals surface area (Å²) < 4.78 is 47.2. The van der Waals surface area contributed by atoms with E-state index in [1.807, 2.05) is 6.92 Å². The zero-order valence-corrected chi connectivity index (χ0v) is 23.5. The molecule has 0 aliphatic rings. The SMILES string of the molecule is CCCNC(=O)[C@H](C)N(Cc1ccc(F)cc1)C(=O)CN(c1ccc(Cl)cc1)S(=O)(=O)c1ccc(OC)cc1. The fourth-order valence-corrected chi connectivity index (χ4v) is 5.32. The molecule has 2 amide bonds. The van der Waals surface area contributed by atoms with Crippen molar-refractivity contribution in [3.05, 3.63) is 89.2 Å². The summed E-state index contributed by atoms with van der Waals surface area (Å²) >= 11 is 6.03. The van der Waals surface area contributed by atoms with Crippen molar-refractivity contribution in [2.24, 2.45) is 0 Å². The molecular formula is C28H31ClFN3O5S. The van der Waals surface area contributed by atoms with E-state index in [4.69, 9.17) is 16.3 Å². The molecule has 0 unspecified atom stereocenters. The molecule has 0 saturated heterocycles. The smallest absolute Gasteiger partial charge is 0.264 e. The number of ether oxygens (including phenoxy) is 1. The first-order valence-electron chi connectivity index (χ1n) is 12.3. The van der Waals surface area contributed by atoms with Gasteiger partial charge in [-0.3, -0.25) is 13.9 Å². The second kappa shape index (κ2) is 13.4. The van der Waals surface area contributed by atoms with E-state index in [-0.39, 0.29) is 23.0 Å². The van der Waals surface area contributed by atoms with Crippen molar-refractivity contribution in [1.82, 2.24) is 10.2 Å². The number of halogens is 2. The summed E-state index contributed by atoms with van der Waals surface area (Å²) in [4.78, 5) is 27.9. The number of carbonyl (C=O) groups excluding carboxylic acids is 2. The van der Waals surface area contributed by atoms with E-state index in [0.717, 1.165) is 4.31 Å². The van der Waals surface area contributed by atoms with Crippen LogP contribution in [0, 0.1) is 5.82 Å². The second-order valence-corrected chi connectivity index (χ2v) is 11.1. The molecule has 11 heteroatoms. The van der Waals surface area contributed by atoms with Gasteiger partial charge < -0.3 is 15.0 Å². The van der Waals surface area contributed by atoms with E-state index < -0.39 is 34.3 Å². The molecule has 0 bridgehead atoms. The van der Waals surface area contributed by atoms with Crippen molar-refractivity contribution >= 4 is 39.1 Å². The number of benzene rings is 3. The minimum Gasteiger partial charge on any atom is -0.497 e. The Morgan fingerprint density at radius 1 is 1.00 bits per heavy atom. The number of methoxy groups -OCH3 is 1. The first-order valence-corrected chi connectivity index (χ1v) is 14.1. The van der Waals surface area contributed by atoms with Crippen LogP contribution in [0.2, 0.25) is 5.02 Å². The molecule has 1 N–H and O–H groups in total. The Labute approximate surface area is 233 Å². The molecule has 208 valence electrons. The van der Waals surface area contributed by atoms with Crippen molar-refractivity contribution in [3.63, 3.8) is 0 Å². The largest absolute Gasteiger partial charge is 0.497 e. The average molecular weight is 576 g/mol. The molecule has 0 aliphatic carbocycles. The molecule has 0 aliphatic heterocycles. The maximum absolute atomic E-state index is 13.8. The number of carbonyl (C=O) groups is 2. The van der Waals surface area contributed by atoms with Crippen LogP contribution >= 0.6 is 11.6 Å². The predicted octanol–water partition coefficient (Wildman–Crippen LogP) is 4.63. The molecule has 3 rings (SSSR count). The molecule has 3 aromatic rings. The molecule has 0 spiro atoms. The molecule has 8 nitrogen and oxygen atoms in total. The summed E-state index contributed by atoms with van der Waals surface area (Å²) in [5, 5.41) is 3.16. The minimum atomic E-state index is -4.22. The lowest BCUT2D eigenvalue weighted by atomic mass is 10.1. The summed E-state index contributed by atoms with van der Waals surface area (Å²) in [7, 11) is -2.75. The summed E-state index contributed by atoms with van der Waals surface area (Å²) in [5.74, 6) is -0.973. The number of nitrogens with zero attached hydrogens (tertiary/aromatic N) is 2. The summed E-state index contributed by atoms with van der Waals surface area (Å²) in [6.07, 6.45) is 0.703. The quantitative estimate of drug-likeness (QED) is 0.340. The van der Waals surface area contributed by atoms with Crippen molar-refractivity contribution in [2.75, 3.05) is 24.5 Å². The Kier molecular flexibility index (Phi) is 10.3. The minimum absolute atomic E-state index is 0.0309. The molecular weight excluding hydrogens is 545 g/mol. The zero-order valence-electron chi connectivity index (χ0n) is 21.9. The van der Waals surface area contributed by atoms with Crippen LogP contribution in [0.15, 0.2) is 77.7 Å². The van der Waals surface area contributed by atoms with Gasteiger partial charge in [0.25, 0.3) is 10.0 Å². The van der Waals surface area contributed by atoms with Crippen LogP contribution in [-0.2, 0) is 26.2 Å². The van der Waals surface area contributed by atoms with Crippen LogP contribution in [0.4, 0.5) is 10.1 Å². The molecule has 39 heavy (non-hydrogen) atoms. The third kappa shape index (κ3) is 7.70. The monoisotopic (exact) mass is 575 g/mol. The lowest BCUT2D eigenvalue weighted by Crippen LogP contribution is -2.51. The number of rotatable bonds is 12. The van der Waals surface area contributed by atoms with E-state index in [0.29, 0.717) is 29.3 Å². The molecule has 3 aromatic carbocycles. The summed E-state index contributed by atoms with van der Waals surface area (Å²) in [6, 6.07) is 16.4. The average Bonchev–Trinajstić information content (AvgIpc) is 2.94. The van der Waals surface area contributed by atoms with E-state index in [1.54, 1.807) is 6.92 Å². The topological polar surface area (TPSA) is 96.0 Å². The van der Waals surface area contributed by atoms with Gasteiger partial charge >= 0.3 is 0 Å². The number of nitrogens with one attached hydrogen (secondary N) is 1. The maximum atomic E-state index is 13.8. The number of hydrogen-bond acceptors (Lipinski definition) is 5. The first kappa shape index (κ1) is 29.9. The van der Waals surface area contributed by atoms with Gasteiger partial charge in [-0.2, -0.15) is 0 Å². The van der Waals surface area contributed by atoms with Gasteiger partial charge in [0.15, 0.2) is 0 Å². The van der Waals surface area contributed by atoms with E-state index in [2.05, 4.69) is 5.32 Å². The second-order valence-electron chi connectivity index (χ2n) is 8.78. The fourth-order valence-electron chi connectivity index (χ4n) is 3.78. The van der Waals surface area contributed by atoms with Gasteiger partial charge in [-0.15, -0.1) is 0 Å². The van der Waals surface area contributed by atoms with Gasteiger partial charge in [-0.25, -0.2) is 12.8 Å². The highest BCUT2D eigenvalue weighted by Crippen LogP contribution is 2.27. The van der Waals surface area contributed by atoms with Gasteiger partial charge in [-0.05, 0) is 79.6 Å². The molecule has 0 radical (unpaired) electrons. The lowest BCUT2D eigenvalue weighted by Gasteiger charge is -2.32. The molecule has 1 atom stereocenters. The Balaban J connectivity index is 2.00. The number of hydrogen-bond donors (Lipinski definition) is 1. The zero-order chi connectivity index (χ0) is 28.6. The number of amides is 2. The highest BCUT2D eigenvalue weighted by molar-refractivity contribution is 7.92. The van der Waals surface area contributed by atoms with Gasteiger partial charge in [0.2, 0.25) is 11.8 Å². The third-order valence-electron chi connectivity index (χ3n) is 6.02. The summed E-state index contributed by atoms with van der Waals surface area (Å²) in [6.45, 7) is 3.27. The summed E-state index contributed by atoms with van der Waals surface area (Å²) in [5.41, 5.74) is 0.796. The number of sulfonamides is 1. The van der Waals surface area contributed by atoms with Gasteiger partial charge in [-0.1, -0.05) is 30.7 Å². The van der Waals surface area contributed by atoms with Gasteiger partial charge in [0.1, 0.15) is 24.2 Å². The van der Waals surface area contributed by atoms with Crippen molar-refractivity contribution in [2.45, 2.75) is 37.8 Å². The van der Waals surface area contributed by atoms with Crippen molar-refractivity contribution in [1.29, 1.82) is 0 Å². The highest BCUT2D eigenvalue weighted by Gasteiger charge is 2.32. The van der Waals surface area contributed by atoms with E-state index in [1.165, 1.54) is 84.8 Å². The van der Waals surface area contributed by atoms with Crippen LogP contribution in [-0.4, -0.2) is 51.4 Å². The Bertz CT molecular complexity index is 1370. The van der Waals surface area contributed by atoms with Crippen LogP contribution in [0.25, 0.3) is 0 Å².